The van der Waals surface area contributed by atoms with Crippen molar-refractivity contribution in [2.75, 3.05) is 39.8 Å². The highest BCUT2D eigenvalue weighted by molar-refractivity contribution is 7.89. The Kier molecular flexibility index (Phi) is 8.75. The van der Waals surface area contributed by atoms with Crippen LogP contribution in [0.4, 0.5) is 0 Å². The quantitative estimate of drug-likeness (QED) is 0.583. The summed E-state index contributed by atoms with van der Waals surface area (Å²) in [6.45, 7) is 6.02. The summed E-state index contributed by atoms with van der Waals surface area (Å²) in [6.07, 6.45) is 8.74. The number of methoxy groups -OCH3 is 1. The molecule has 31 heavy (non-hydrogen) atoms. The minimum atomic E-state index is -3.69. The lowest BCUT2D eigenvalue weighted by molar-refractivity contribution is 0.0720. The molecule has 1 unspecified atom stereocenters. The molecule has 1 N–H and O–H groups in total. The molecule has 1 atom stereocenters. The van der Waals surface area contributed by atoms with Crippen LogP contribution in [-0.2, 0) is 10.0 Å². The minimum Gasteiger partial charge on any atom is -0.496 e. The van der Waals surface area contributed by atoms with E-state index in [2.05, 4.69) is 16.5 Å². The molecule has 2 aliphatic heterocycles. The first-order chi connectivity index (χ1) is 15.0. The molecular weight excluding hydrogens is 414 g/mol. The number of nitrogens with zero attached hydrogens (tertiary/aromatic N) is 2. The molecule has 0 spiro atoms. The number of amides is 1. The highest BCUT2D eigenvalue weighted by Crippen LogP contribution is 2.25. The van der Waals surface area contributed by atoms with Crippen LogP contribution >= 0.6 is 0 Å². The maximum Gasteiger partial charge on any atom is 0.257 e. The smallest absolute Gasteiger partial charge is 0.257 e. The second-order valence-corrected chi connectivity index (χ2v) is 10.3. The molecule has 174 valence electrons. The van der Waals surface area contributed by atoms with Crippen LogP contribution < -0.4 is 9.46 Å². The van der Waals surface area contributed by atoms with Crippen LogP contribution in [0.25, 0.3) is 0 Å². The highest BCUT2D eigenvalue weighted by atomic mass is 32.2. The van der Waals surface area contributed by atoms with Crippen molar-refractivity contribution >= 4 is 15.9 Å². The topological polar surface area (TPSA) is 79.0 Å². The molecule has 3 rings (SSSR count). The number of hydrogen-bond acceptors (Lipinski definition) is 5. The third-order valence-electron chi connectivity index (χ3n) is 6.49. The van der Waals surface area contributed by atoms with Gasteiger partial charge in [0.25, 0.3) is 5.91 Å². The average molecular weight is 452 g/mol. The van der Waals surface area contributed by atoms with Gasteiger partial charge in [-0.25, -0.2) is 13.1 Å². The molecule has 1 amide bonds. The van der Waals surface area contributed by atoms with E-state index in [0.717, 1.165) is 45.2 Å². The summed E-state index contributed by atoms with van der Waals surface area (Å²) in [7, 11) is -2.19. The standard InChI is InChI=1S/C23H37N3O4S/c1-3-19-10-5-8-14-25(19)17-9-13-24-31(28,29)20-11-12-22(30-2)21(18-20)23(27)26-15-6-4-7-16-26/h11-12,18-19,24H,3-10,13-17H2,1-2H3. The van der Waals surface area contributed by atoms with Gasteiger partial charge < -0.3 is 14.5 Å². The van der Waals surface area contributed by atoms with E-state index in [0.29, 0.717) is 37.0 Å². The zero-order valence-electron chi connectivity index (χ0n) is 18.9. The third kappa shape index (κ3) is 6.20. The number of hydrogen-bond donors (Lipinski definition) is 1. The first-order valence-electron chi connectivity index (χ1n) is 11.7. The molecule has 0 radical (unpaired) electrons. The van der Waals surface area contributed by atoms with Gasteiger partial charge in [0, 0.05) is 25.7 Å². The Morgan fingerprint density at radius 3 is 2.58 bits per heavy atom. The second-order valence-electron chi connectivity index (χ2n) is 8.56. The van der Waals surface area contributed by atoms with Gasteiger partial charge in [0.05, 0.1) is 17.6 Å². The fourth-order valence-electron chi connectivity index (χ4n) is 4.68. The number of carbonyl (C=O) groups excluding carboxylic acids is 1. The minimum absolute atomic E-state index is 0.109. The predicted octanol–water partition coefficient (Wildman–Crippen LogP) is 3.25. The first kappa shape index (κ1) is 24.0. The number of rotatable bonds is 9. The SMILES string of the molecule is CCC1CCCCN1CCCNS(=O)(=O)c1ccc(OC)c(C(=O)N2CCCCC2)c1. The van der Waals surface area contributed by atoms with E-state index in [1.807, 2.05) is 0 Å². The van der Waals surface area contributed by atoms with Gasteiger partial charge in [0.15, 0.2) is 0 Å². The van der Waals surface area contributed by atoms with Crippen molar-refractivity contribution in [1.29, 1.82) is 0 Å². The summed E-state index contributed by atoms with van der Waals surface area (Å²) in [5.74, 6) is 0.245. The molecule has 0 aromatic heterocycles. The number of carbonyl (C=O) groups is 1. The van der Waals surface area contributed by atoms with Crippen LogP contribution in [0, 0.1) is 0 Å². The molecule has 0 aliphatic carbocycles. The van der Waals surface area contributed by atoms with Gasteiger partial charge in [0.2, 0.25) is 10.0 Å². The second kappa shape index (κ2) is 11.3. The number of nitrogens with one attached hydrogen (secondary N) is 1. The molecule has 2 saturated heterocycles. The van der Waals surface area contributed by atoms with Crippen molar-refractivity contribution in [3.8, 4) is 5.75 Å². The van der Waals surface area contributed by atoms with Crippen molar-refractivity contribution in [3.63, 3.8) is 0 Å². The Labute approximate surface area is 187 Å². The van der Waals surface area contributed by atoms with E-state index in [9.17, 15) is 13.2 Å². The summed E-state index contributed by atoms with van der Waals surface area (Å²) in [5.41, 5.74) is 0.311. The van der Waals surface area contributed by atoms with Crippen LogP contribution in [0.1, 0.15) is 68.6 Å². The number of benzene rings is 1. The lowest BCUT2D eigenvalue weighted by Gasteiger charge is -2.35. The van der Waals surface area contributed by atoms with Gasteiger partial charge in [-0.1, -0.05) is 13.3 Å². The summed E-state index contributed by atoms with van der Waals surface area (Å²) in [4.78, 5) is 17.4. The van der Waals surface area contributed by atoms with Crippen molar-refractivity contribution in [3.05, 3.63) is 23.8 Å². The molecule has 1 aromatic rings. The van der Waals surface area contributed by atoms with E-state index in [-0.39, 0.29) is 10.8 Å². The van der Waals surface area contributed by atoms with Crippen molar-refractivity contribution in [2.45, 2.75) is 69.2 Å². The maximum atomic E-state index is 13.0. The van der Waals surface area contributed by atoms with E-state index in [1.54, 1.807) is 11.0 Å². The number of likely N-dealkylation sites (tertiary alicyclic amines) is 2. The van der Waals surface area contributed by atoms with E-state index in [4.69, 9.17) is 4.74 Å². The zero-order chi connectivity index (χ0) is 22.3. The summed E-state index contributed by atoms with van der Waals surface area (Å²) >= 11 is 0. The van der Waals surface area contributed by atoms with Crippen molar-refractivity contribution < 1.29 is 17.9 Å². The Bertz CT molecular complexity index is 837. The first-order valence-corrected chi connectivity index (χ1v) is 13.2. The predicted molar refractivity (Wildman–Crippen MR) is 122 cm³/mol. The molecule has 2 heterocycles. The third-order valence-corrected chi connectivity index (χ3v) is 7.95. The van der Waals surface area contributed by atoms with Crippen LogP contribution in [0.15, 0.2) is 23.1 Å². The van der Waals surface area contributed by atoms with Crippen LogP contribution in [0.5, 0.6) is 5.75 Å². The molecule has 2 aliphatic rings. The van der Waals surface area contributed by atoms with Crippen LogP contribution in [0.3, 0.4) is 0 Å². The van der Waals surface area contributed by atoms with Crippen molar-refractivity contribution in [1.82, 2.24) is 14.5 Å². The lowest BCUT2D eigenvalue weighted by Crippen LogP contribution is -2.40. The normalized spacial score (nSPS) is 20.6. The fraction of sp³-hybridized carbons (Fsp3) is 0.696. The fourth-order valence-corrected chi connectivity index (χ4v) is 5.78. The Morgan fingerprint density at radius 1 is 1.13 bits per heavy atom. The van der Waals surface area contributed by atoms with Gasteiger partial charge >= 0.3 is 0 Å². The highest BCUT2D eigenvalue weighted by Gasteiger charge is 2.25. The Hall–Kier alpha value is -1.64. The summed E-state index contributed by atoms with van der Waals surface area (Å²) in [6, 6.07) is 5.16. The molecule has 0 saturated carbocycles. The number of piperidine rings is 2. The summed E-state index contributed by atoms with van der Waals surface area (Å²) in [5, 5.41) is 0. The molecule has 8 heteroatoms. The van der Waals surface area contributed by atoms with Crippen molar-refractivity contribution in [2.24, 2.45) is 0 Å². The number of sulfonamides is 1. The summed E-state index contributed by atoms with van der Waals surface area (Å²) < 4.78 is 33.8. The maximum absolute atomic E-state index is 13.0. The van der Waals surface area contributed by atoms with Gasteiger partial charge in [-0.15, -0.1) is 0 Å². The van der Waals surface area contributed by atoms with Gasteiger partial charge in [-0.05, 0) is 76.2 Å². The van der Waals surface area contributed by atoms with Gasteiger partial charge in [-0.3, -0.25) is 4.79 Å². The Balaban J connectivity index is 1.63. The Morgan fingerprint density at radius 2 is 1.87 bits per heavy atom. The van der Waals surface area contributed by atoms with Gasteiger partial charge in [-0.2, -0.15) is 0 Å². The monoisotopic (exact) mass is 451 g/mol. The molecule has 2 fully saturated rings. The van der Waals surface area contributed by atoms with E-state index >= 15 is 0 Å². The van der Waals surface area contributed by atoms with Gasteiger partial charge in [0.1, 0.15) is 5.75 Å². The average Bonchev–Trinajstić information content (AvgIpc) is 2.81. The van der Waals surface area contributed by atoms with Crippen LogP contribution in [0.2, 0.25) is 0 Å². The molecular formula is C23H37N3O4S. The lowest BCUT2D eigenvalue weighted by atomic mass is 10.00. The zero-order valence-corrected chi connectivity index (χ0v) is 19.8. The van der Waals surface area contributed by atoms with Crippen LogP contribution in [-0.4, -0.2) is 70.0 Å². The largest absolute Gasteiger partial charge is 0.496 e. The molecule has 1 aromatic carbocycles. The number of ether oxygens (including phenoxy) is 1. The molecule has 0 bridgehead atoms. The van der Waals surface area contributed by atoms with E-state index in [1.165, 1.54) is 38.5 Å². The molecule has 7 nitrogen and oxygen atoms in total. The van der Waals surface area contributed by atoms with E-state index < -0.39 is 10.0 Å².